The Morgan fingerprint density at radius 3 is 2.23 bits per heavy atom. The predicted octanol–water partition coefficient (Wildman–Crippen LogP) is 4.27. The van der Waals surface area contributed by atoms with E-state index in [4.69, 9.17) is 23.2 Å². The highest BCUT2D eigenvalue weighted by atomic mass is 35.5. The fourth-order valence-corrected chi connectivity index (χ4v) is 1.28. The van der Waals surface area contributed by atoms with Crippen LogP contribution in [0.15, 0.2) is 18.2 Å². The van der Waals surface area contributed by atoms with Gasteiger partial charge in [-0.15, -0.1) is 0 Å². The van der Waals surface area contributed by atoms with Crippen molar-refractivity contribution in [2.24, 2.45) is 0 Å². The summed E-state index contributed by atoms with van der Waals surface area (Å²) >= 11 is 11.0. The van der Waals surface area contributed by atoms with Crippen LogP contribution in [-0.2, 0) is 0 Å². The molecular weight excluding hydrogens is 224 g/mol. The van der Waals surface area contributed by atoms with Gasteiger partial charge in [0, 0.05) is 5.56 Å². The fourth-order valence-electron chi connectivity index (χ4n) is 0.869. The van der Waals surface area contributed by atoms with E-state index in [9.17, 15) is 13.2 Å². The van der Waals surface area contributed by atoms with Crippen LogP contribution in [0.25, 0.3) is 0 Å². The summed E-state index contributed by atoms with van der Waals surface area (Å²) in [5.74, 6) is 0. The Morgan fingerprint density at radius 1 is 1.08 bits per heavy atom. The van der Waals surface area contributed by atoms with Crippen LogP contribution in [0, 0.1) is 0 Å². The maximum atomic E-state index is 12.8. The molecule has 0 N–H and O–H groups in total. The van der Waals surface area contributed by atoms with Crippen molar-refractivity contribution in [3.63, 3.8) is 0 Å². The molecule has 1 aromatic carbocycles. The largest absolute Gasteiger partial charge is 0.273 e. The highest BCUT2D eigenvalue weighted by Gasteiger charge is 2.24. The van der Waals surface area contributed by atoms with Gasteiger partial charge in [-0.2, -0.15) is 0 Å². The third-order valence-corrected chi connectivity index (χ3v) is 2.33. The molecule has 5 heteroatoms. The maximum absolute atomic E-state index is 12.8. The standard InChI is InChI=1S/C8H5Cl2F3/c9-5-3-1-2-4(6(5)10)7(11)8(12)13/h1-3,7-8H. The van der Waals surface area contributed by atoms with Gasteiger partial charge in [-0.05, 0) is 6.07 Å². The highest BCUT2D eigenvalue weighted by Crippen LogP contribution is 2.34. The van der Waals surface area contributed by atoms with Gasteiger partial charge in [0.1, 0.15) is 0 Å². The summed E-state index contributed by atoms with van der Waals surface area (Å²) in [6.07, 6.45) is -5.47. The van der Waals surface area contributed by atoms with Crippen LogP contribution in [-0.4, -0.2) is 6.43 Å². The molecule has 0 saturated heterocycles. The molecule has 0 aromatic heterocycles. The van der Waals surface area contributed by atoms with Gasteiger partial charge in [0.15, 0.2) is 6.17 Å². The lowest BCUT2D eigenvalue weighted by atomic mass is 10.1. The maximum Gasteiger partial charge on any atom is 0.273 e. The summed E-state index contributed by atoms with van der Waals surface area (Å²) in [6.45, 7) is 0. The molecule has 0 bridgehead atoms. The number of hydrogen-bond donors (Lipinski definition) is 0. The summed E-state index contributed by atoms with van der Waals surface area (Å²) in [4.78, 5) is 0. The van der Waals surface area contributed by atoms with Gasteiger partial charge in [-0.1, -0.05) is 35.3 Å². The molecule has 1 atom stereocenters. The van der Waals surface area contributed by atoms with E-state index in [1.54, 1.807) is 0 Å². The molecule has 0 aliphatic heterocycles. The van der Waals surface area contributed by atoms with Crippen LogP contribution < -0.4 is 0 Å². The van der Waals surface area contributed by atoms with Crippen LogP contribution in [0.2, 0.25) is 10.0 Å². The van der Waals surface area contributed by atoms with E-state index in [0.29, 0.717) is 0 Å². The smallest absolute Gasteiger partial charge is 0.236 e. The van der Waals surface area contributed by atoms with E-state index in [-0.39, 0.29) is 15.6 Å². The van der Waals surface area contributed by atoms with Crippen LogP contribution >= 0.6 is 23.2 Å². The molecule has 72 valence electrons. The average Bonchev–Trinajstić information content (AvgIpc) is 2.08. The molecule has 0 aliphatic rings. The van der Waals surface area contributed by atoms with Crippen molar-refractivity contribution < 1.29 is 13.2 Å². The number of benzene rings is 1. The van der Waals surface area contributed by atoms with Crippen LogP contribution in [0.1, 0.15) is 11.7 Å². The van der Waals surface area contributed by atoms with E-state index >= 15 is 0 Å². The molecule has 0 aliphatic carbocycles. The summed E-state index contributed by atoms with van der Waals surface area (Å²) < 4.78 is 36.7. The third-order valence-electron chi connectivity index (χ3n) is 1.50. The van der Waals surface area contributed by atoms with Crippen LogP contribution in [0.3, 0.4) is 0 Å². The second-order valence-electron chi connectivity index (χ2n) is 2.38. The van der Waals surface area contributed by atoms with Gasteiger partial charge in [0.05, 0.1) is 10.0 Å². The SMILES string of the molecule is FC(F)C(F)c1cccc(Cl)c1Cl. The van der Waals surface area contributed by atoms with E-state index in [2.05, 4.69) is 0 Å². The van der Waals surface area contributed by atoms with Gasteiger partial charge in [-0.25, -0.2) is 13.2 Å². The lowest BCUT2D eigenvalue weighted by Gasteiger charge is -2.09. The number of halogens is 5. The molecular formula is C8H5Cl2F3. The second kappa shape index (κ2) is 4.20. The Balaban J connectivity index is 3.07. The van der Waals surface area contributed by atoms with E-state index in [1.165, 1.54) is 18.2 Å². The zero-order valence-corrected chi connectivity index (χ0v) is 7.79. The van der Waals surface area contributed by atoms with Crippen LogP contribution in [0.4, 0.5) is 13.2 Å². The van der Waals surface area contributed by atoms with Gasteiger partial charge in [0.25, 0.3) is 6.43 Å². The predicted molar refractivity (Wildman–Crippen MR) is 46.3 cm³/mol. The Labute approximate surface area is 83.3 Å². The second-order valence-corrected chi connectivity index (χ2v) is 3.16. The molecule has 0 saturated carbocycles. The van der Waals surface area contributed by atoms with E-state index in [1.807, 2.05) is 0 Å². The molecule has 13 heavy (non-hydrogen) atoms. The Hall–Kier alpha value is -0.410. The molecule has 0 nitrogen and oxygen atoms in total. The molecule has 1 unspecified atom stereocenters. The summed E-state index contributed by atoms with van der Waals surface area (Å²) in [7, 11) is 0. The first-order chi connectivity index (χ1) is 6.04. The Morgan fingerprint density at radius 2 is 1.69 bits per heavy atom. The van der Waals surface area contributed by atoms with Crippen molar-refractivity contribution in [3.8, 4) is 0 Å². The zero-order chi connectivity index (χ0) is 10.0. The summed E-state index contributed by atoms with van der Waals surface area (Å²) in [5, 5.41) is -0.0839. The highest BCUT2D eigenvalue weighted by molar-refractivity contribution is 6.42. The van der Waals surface area contributed by atoms with Gasteiger partial charge < -0.3 is 0 Å². The van der Waals surface area contributed by atoms with Gasteiger partial charge in [0.2, 0.25) is 0 Å². The topological polar surface area (TPSA) is 0 Å². The van der Waals surface area contributed by atoms with E-state index in [0.717, 1.165) is 0 Å². The monoisotopic (exact) mass is 228 g/mol. The van der Waals surface area contributed by atoms with Crippen molar-refractivity contribution in [2.75, 3.05) is 0 Å². The summed E-state index contributed by atoms with van der Waals surface area (Å²) in [5.41, 5.74) is -0.274. The first kappa shape index (κ1) is 10.7. The van der Waals surface area contributed by atoms with E-state index < -0.39 is 12.6 Å². The minimum Gasteiger partial charge on any atom is -0.236 e. The lowest BCUT2D eigenvalue weighted by Crippen LogP contribution is -2.03. The molecule has 0 fully saturated rings. The molecule has 0 amide bonds. The average molecular weight is 229 g/mol. The normalized spacial score (nSPS) is 13.4. The Kier molecular flexibility index (Phi) is 3.45. The van der Waals surface area contributed by atoms with Crippen molar-refractivity contribution in [2.45, 2.75) is 12.6 Å². The molecule has 0 heterocycles. The first-order valence-electron chi connectivity index (χ1n) is 3.40. The molecule has 1 rings (SSSR count). The van der Waals surface area contributed by atoms with Crippen molar-refractivity contribution >= 4 is 23.2 Å². The van der Waals surface area contributed by atoms with Gasteiger partial charge >= 0.3 is 0 Å². The number of rotatable bonds is 2. The fraction of sp³-hybridized carbons (Fsp3) is 0.250. The number of alkyl halides is 3. The first-order valence-corrected chi connectivity index (χ1v) is 4.15. The Bertz CT molecular complexity index is 301. The zero-order valence-electron chi connectivity index (χ0n) is 6.28. The molecule has 1 aromatic rings. The van der Waals surface area contributed by atoms with Crippen molar-refractivity contribution in [1.29, 1.82) is 0 Å². The molecule has 0 radical (unpaired) electrons. The quantitative estimate of drug-likeness (QED) is 0.710. The number of hydrogen-bond acceptors (Lipinski definition) is 0. The van der Waals surface area contributed by atoms with Crippen molar-refractivity contribution in [3.05, 3.63) is 33.8 Å². The molecule has 0 spiro atoms. The minimum atomic E-state index is -3.09. The lowest BCUT2D eigenvalue weighted by molar-refractivity contribution is 0.0496. The van der Waals surface area contributed by atoms with Gasteiger partial charge in [-0.3, -0.25) is 0 Å². The minimum absolute atomic E-state index is 0.0717. The van der Waals surface area contributed by atoms with Crippen LogP contribution in [0.5, 0.6) is 0 Å². The summed E-state index contributed by atoms with van der Waals surface area (Å²) in [6, 6.07) is 3.97. The van der Waals surface area contributed by atoms with Crippen molar-refractivity contribution in [1.82, 2.24) is 0 Å². The third kappa shape index (κ3) is 2.29.